The maximum atomic E-state index is 7.96. The van der Waals surface area contributed by atoms with Crippen molar-refractivity contribution >= 4 is 33.3 Å². The second kappa shape index (κ2) is 9.43. The van der Waals surface area contributed by atoms with Gasteiger partial charge in [-0.15, -0.1) is 0 Å². The molecular weight excluding hydrogens is 394 g/mol. The summed E-state index contributed by atoms with van der Waals surface area (Å²) >= 11 is 0. The molecule has 0 nitrogen and oxygen atoms in total. The van der Waals surface area contributed by atoms with Gasteiger partial charge in [0.05, 0.1) is 24.7 Å². The van der Waals surface area contributed by atoms with Gasteiger partial charge in [0.2, 0.25) is 0 Å². The van der Waals surface area contributed by atoms with Crippen molar-refractivity contribution in [2.75, 3.05) is 0 Å². The van der Waals surface area contributed by atoms with E-state index in [-0.39, 0.29) is 0 Å². The Balaban J connectivity index is 2.18. The first-order valence-corrected chi connectivity index (χ1v) is 18.2. The van der Waals surface area contributed by atoms with Crippen molar-refractivity contribution < 1.29 is 0 Å². The summed E-state index contributed by atoms with van der Waals surface area (Å²) in [5.74, 6) is 3.21. The van der Waals surface area contributed by atoms with Gasteiger partial charge in [0.25, 0.3) is 0 Å². The van der Waals surface area contributed by atoms with Gasteiger partial charge in [0.1, 0.15) is 0 Å². The Morgan fingerprint density at radius 3 is 2.23 bits per heavy atom. The molecule has 0 heterocycles. The fourth-order valence-corrected chi connectivity index (χ4v) is 14.4. The van der Waals surface area contributed by atoms with Crippen molar-refractivity contribution in [1.82, 2.24) is 0 Å². The molecule has 2 fully saturated rings. The first kappa shape index (κ1) is 24.6. The molecule has 0 aromatic heterocycles. The number of hydrogen-bond acceptors (Lipinski definition) is 0. The summed E-state index contributed by atoms with van der Waals surface area (Å²) in [6.07, 6.45) is 9.64. The van der Waals surface area contributed by atoms with E-state index in [2.05, 4.69) is 72.5 Å². The van der Waals surface area contributed by atoms with Crippen LogP contribution in [-0.4, -0.2) is 27.0 Å². The van der Waals surface area contributed by atoms with Crippen LogP contribution in [0.15, 0.2) is 18.2 Å². The third-order valence-corrected chi connectivity index (χ3v) is 15.4. The lowest BCUT2D eigenvalue weighted by molar-refractivity contribution is 0.239. The number of benzene rings is 1. The average Bonchev–Trinajstić information content (AvgIpc) is 2.66. The van der Waals surface area contributed by atoms with Gasteiger partial charge in [-0.2, -0.15) is 0 Å². The predicted octanol–water partition coefficient (Wildman–Crippen LogP) is 7.31. The van der Waals surface area contributed by atoms with Crippen LogP contribution >= 0.6 is 7.14 Å². The molecule has 0 spiro atoms. The van der Waals surface area contributed by atoms with Crippen LogP contribution in [0.3, 0.4) is 0 Å². The van der Waals surface area contributed by atoms with Crippen LogP contribution < -0.4 is 10.5 Å². The monoisotopic (exact) mass is 441 g/mol. The lowest BCUT2D eigenvalue weighted by Gasteiger charge is -2.49. The molecule has 4 unspecified atom stereocenters. The van der Waals surface area contributed by atoms with Gasteiger partial charge in [-0.3, -0.25) is 0 Å². The maximum absolute atomic E-state index is 7.96. The van der Waals surface area contributed by atoms with Crippen LogP contribution in [0, 0.1) is 30.6 Å². The predicted molar refractivity (Wildman–Crippen MR) is 143 cm³/mol. The van der Waals surface area contributed by atoms with Gasteiger partial charge >= 0.3 is 7.57 Å². The summed E-state index contributed by atoms with van der Waals surface area (Å²) in [7, 11) is 4.80. The van der Waals surface area contributed by atoms with E-state index in [9.17, 15) is 0 Å². The van der Waals surface area contributed by atoms with Gasteiger partial charge in [-0.1, -0.05) is 77.5 Å². The van der Waals surface area contributed by atoms with Crippen molar-refractivity contribution in [2.24, 2.45) is 23.7 Å². The first-order chi connectivity index (χ1) is 14.0. The standard InChI is InChI=1S/C27H47BPSi/c1-19(2)24-16-15-21(4)18-26(24)29(28,23-12-9-11-20(3)17-23)25-13-10-14-27(22(25)5)30(6,7)8/h10,13-14,19-21,23-24,26H,9,11-12,15-18H2,1-8H3/q+1/t20-,21-,23?,24?,26?,29?/m1/s1. The van der Waals surface area contributed by atoms with Gasteiger partial charge in [-0.25, -0.2) is 0 Å². The van der Waals surface area contributed by atoms with E-state index in [0.717, 1.165) is 29.3 Å². The molecule has 1 aromatic carbocycles. The lowest BCUT2D eigenvalue weighted by atomic mass is 9.77. The third kappa shape index (κ3) is 4.81. The quantitative estimate of drug-likeness (QED) is 0.332. The molecule has 3 rings (SSSR count). The molecule has 0 amide bonds. The Kier molecular flexibility index (Phi) is 7.72. The van der Waals surface area contributed by atoms with E-state index in [1.807, 2.05) is 0 Å². The summed E-state index contributed by atoms with van der Waals surface area (Å²) < 4.78 is 0. The SMILES string of the molecule is [B][P+](c1cccc([Si](C)(C)C)c1C)(C1CCC[C@@H](C)C1)C1C[C@H](C)CCC1C(C)C. The number of hydrogen-bond donors (Lipinski definition) is 0. The van der Waals surface area contributed by atoms with E-state index in [1.54, 1.807) is 16.1 Å². The molecule has 0 N–H and O–H groups in total. The zero-order valence-electron chi connectivity index (χ0n) is 21.2. The normalized spacial score (nSPS) is 32.8. The molecule has 2 aliphatic rings. The van der Waals surface area contributed by atoms with Crippen LogP contribution in [0.25, 0.3) is 0 Å². The van der Waals surface area contributed by atoms with E-state index in [1.165, 1.54) is 44.9 Å². The summed E-state index contributed by atoms with van der Waals surface area (Å²) in [5.41, 5.74) is 3.02. The van der Waals surface area contributed by atoms with Crippen molar-refractivity contribution in [3.05, 3.63) is 23.8 Å². The van der Waals surface area contributed by atoms with Crippen molar-refractivity contribution in [3.63, 3.8) is 0 Å². The Bertz CT molecular complexity index is 724. The van der Waals surface area contributed by atoms with E-state index < -0.39 is 15.2 Å². The topological polar surface area (TPSA) is 0 Å². The number of rotatable bonds is 5. The van der Waals surface area contributed by atoms with Crippen LogP contribution in [0.5, 0.6) is 0 Å². The van der Waals surface area contributed by atoms with Gasteiger partial charge in [0.15, 0.2) is 0 Å². The molecule has 2 radical (unpaired) electrons. The molecule has 2 aliphatic carbocycles. The molecule has 166 valence electrons. The van der Waals surface area contributed by atoms with Gasteiger partial charge < -0.3 is 0 Å². The van der Waals surface area contributed by atoms with Crippen molar-refractivity contribution in [3.8, 4) is 0 Å². The van der Waals surface area contributed by atoms with Crippen LogP contribution in [0.2, 0.25) is 19.6 Å². The minimum absolute atomic E-state index is 0.715. The highest BCUT2D eigenvalue weighted by atomic mass is 31.2. The highest BCUT2D eigenvalue weighted by molar-refractivity contribution is 8.04. The van der Waals surface area contributed by atoms with Gasteiger partial charge in [0, 0.05) is 0 Å². The summed E-state index contributed by atoms with van der Waals surface area (Å²) in [5, 5.41) is 3.26. The molecule has 3 heteroatoms. The zero-order valence-corrected chi connectivity index (χ0v) is 23.1. The third-order valence-electron chi connectivity index (χ3n) is 8.58. The molecule has 30 heavy (non-hydrogen) atoms. The molecule has 2 saturated carbocycles. The molecule has 0 bridgehead atoms. The van der Waals surface area contributed by atoms with Crippen molar-refractivity contribution in [1.29, 1.82) is 0 Å². The second-order valence-electron chi connectivity index (χ2n) is 12.4. The van der Waals surface area contributed by atoms with E-state index in [4.69, 9.17) is 7.57 Å². The van der Waals surface area contributed by atoms with Crippen LogP contribution in [-0.2, 0) is 0 Å². The van der Waals surface area contributed by atoms with Gasteiger partial charge in [-0.05, 0) is 81.5 Å². The first-order valence-electron chi connectivity index (χ1n) is 12.7. The molecule has 6 atom stereocenters. The van der Waals surface area contributed by atoms with Crippen LogP contribution in [0.1, 0.15) is 78.2 Å². The largest absolute Gasteiger partial charge is 0.371 e. The Labute approximate surface area is 191 Å². The zero-order chi connectivity index (χ0) is 22.3. The Hall–Kier alpha value is -0.0682. The van der Waals surface area contributed by atoms with Crippen molar-refractivity contribution in [2.45, 2.75) is 111 Å². The maximum Gasteiger partial charge on any atom is 0.371 e. The summed E-state index contributed by atoms with van der Waals surface area (Å²) in [4.78, 5) is 0. The lowest BCUT2D eigenvalue weighted by Crippen LogP contribution is -2.47. The Morgan fingerprint density at radius 1 is 0.967 bits per heavy atom. The Morgan fingerprint density at radius 2 is 1.63 bits per heavy atom. The smallest absolute Gasteiger partial charge is 0.0656 e. The molecule has 0 saturated heterocycles. The minimum Gasteiger partial charge on any atom is -0.0656 e. The van der Waals surface area contributed by atoms with E-state index in [0.29, 0.717) is 5.66 Å². The summed E-state index contributed by atoms with van der Waals surface area (Å²) in [6, 6.07) is 7.26. The fourth-order valence-electron chi connectivity index (χ4n) is 6.93. The van der Waals surface area contributed by atoms with Crippen LogP contribution in [0.4, 0.5) is 0 Å². The fraction of sp³-hybridized carbons (Fsp3) is 0.778. The second-order valence-corrected chi connectivity index (χ2v) is 20.9. The highest BCUT2D eigenvalue weighted by Crippen LogP contribution is 2.70. The average molecular weight is 442 g/mol. The molecular formula is C27H47BPSi+. The summed E-state index contributed by atoms with van der Waals surface area (Å²) in [6.45, 7) is 19.8. The van der Waals surface area contributed by atoms with E-state index >= 15 is 0 Å². The molecule has 1 aromatic rings. The minimum atomic E-state index is -1.77. The molecule has 0 aliphatic heterocycles. The highest BCUT2D eigenvalue weighted by Gasteiger charge is 2.55.